The van der Waals surface area contributed by atoms with Crippen molar-refractivity contribution >= 4 is 27.8 Å². The number of ether oxygens (including phenoxy) is 2. The molecule has 1 fully saturated rings. The van der Waals surface area contributed by atoms with Gasteiger partial charge in [0.15, 0.2) is 0 Å². The zero-order valence-corrected chi connectivity index (χ0v) is 36.6. The molecule has 2 aliphatic heterocycles. The molecular formula is C49H51N3O2Pt. The number of fused-ring (bicyclic) bond motifs is 6. The monoisotopic (exact) mass is 908 g/mol. The number of hydrogen-bond acceptors (Lipinski definition) is 4. The third-order valence-electron chi connectivity index (χ3n) is 12.9. The molecule has 4 aromatic carbocycles. The molecule has 284 valence electrons. The maximum Gasteiger partial charge on any atom is 2.00 e. The van der Waals surface area contributed by atoms with E-state index in [1.807, 2.05) is 6.20 Å². The fourth-order valence-corrected chi connectivity index (χ4v) is 9.60. The minimum absolute atomic E-state index is 0. The van der Waals surface area contributed by atoms with E-state index < -0.39 is 0 Å². The molecule has 3 aliphatic rings. The Labute approximate surface area is 340 Å². The third kappa shape index (κ3) is 5.66. The number of pyridine rings is 1. The zero-order chi connectivity index (χ0) is 38.3. The number of aryl methyl sites for hydroxylation is 5. The Morgan fingerprint density at radius 1 is 0.782 bits per heavy atom. The van der Waals surface area contributed by atoms with Crippen LogP contribution in [0.15, 0.2) is 59.7 Å². The SMILES string of the molecule is Cc1cc(C)c(-c2cc(Oc3[c-]c4c(cc3C)C(C)(C)c3cc(C(C)(C)C)cc5c6cc(C)cnc6n-4c35)[c-]c(C3=N[C@]4(C)CCC[C@]4(C)O3)c2)c(C)c1.[Pt+2]. The van der Waals surface area contributed by atoms with Gasteiger partial charge in [-0.25, -0.2) is 4.98 Å². The molecule has 0 saturated heterocycles. The summed E-state index contributed by atoms with van der Waals surface area (Å²) in [5.41, 5.74) is 15.0. The van der Waals surface area contributed by atoms with Crippen LogP contribution in [-0.4, -0.2) is 26.6 Å². The van der Waals surface area contributed by atoms with Crippen molar-refractivity contribution in [1.82, 2.24) is 9.55 Å². The Hall–Kier alpha value is -4.21. The third-order valence-corrected chi connectivity index (χ3v) is 12.9. The van der Waals surface area contributed by atoms with E-state index in [0.717, 1.165) is 58.2 Å². The van der Waals surface area contributed by atoms with E-state index in [1.165, 1.54) is 49.8 Å². The summed E-state index contributed by atoms with van der Waals surface area (Å²) in [5.74, 6) is 1.93. The van der Waals surface area contributed by atoms with Crippen LogP contribution in [0.5, 0.6) is 11.5 Å². The van der Waals surface area contributed by atoms with Gasteiger partial charge in [0.05, 0.1) is 11.1 Å². The second-order valence-corrected chi connectivity index (χ2v) is 18.5. The largest absolute Gasteiger partial charge is 2.00 e. The molecule has 6 heteroatoms. The van der Waals surface area contributed by atoms with E-state index in [4.69, 9.17) is 19.5 Å². The van der Waals surface area contributed by atoms with E-state index in [2.05, 4.69) is 148 Å². The van der Waals surface area contributed by atoms with Gasteiger partial charge in [-0.1, -0.05) is 94.3 Å². The van der Waals surface area contributed by atoms with Gasteiger partial charge in [-0.05, 0) is 117 Å². The molecule has 0 bridgehead atoms. The van der Waals surface area contributed by atoms with Crippen molar-refractivity contribution in [3.05, 3.63) is 117 Å². The summed E-state index contributed by atoms with van der Waals surface area (Å²) in [7, 11) is 0. The second-order valence-electron chi connectivity index (χ2n) is 18.5. The molecule has 0 N–H and O–H groups in total. The summed E-state index contributed by atoms with van der Waals surface area (Å²) in [6, 6.07) is 25.6. The summed E-state index contributed by atoms with van der Waals surface area (Å²) in [4.78, 5) is 10.3. The van der Waals surface area contributed by atoms with E-state index in [9.17, 15) is 0 Å². The minimum Gasteiger partial charge on any atom is -0.512 e. The second kappa shape index (κ2) is 12.4. The number of benzene rings is 4. The fraction of sp³-hybridized carbons (Fsp3) is 0.388. The van der Waals surface area contributed by atoms with Crippen LogP contribution >= 0.6 is 0 Å². The minimum atomic E-state index is -0.320. The van der Waals surface area contributed by atoms with Crippen LogP contribution in [0.4, 0.5) is 0 Å². The van der Waals surface area contributed by atoms with Crippen molar-refractivity contribution in [2.75, 3.05) is 0 Å². The molecule has 4 heterocycles. The van der Waals surface area contributed by atoms with Crippen LogP contribution in [0.3, 0.4) is 0 Å². The van der Waals surface area contributed by atoms with Gasteiger partial charge in [0.2, 0.25) is 0 Å². The van der Waals surface area contributed by atoms with Crippen molar-refractivity contribution in [2.24, 2.45) is 4.99 Å². The number of nitrogens with zero attached hydrogens (tertiary/aromatic N) is 3. The van der Waals surface area contributed by atoms with Crippen LogP contribution in [0.2, 0.25) is 0 Å². The molecular weight excluding hydrogens is 858 g/mol. The molecule has 6 aromatic rings. The maximum absolute atomic E-state index is 6.95. The Bertz CT molecular complexity index is 2620. The average Bonchev–Trinajstić information content (AvgIpc) is 3.65. The molecule has 1 aliphatic carbocycles. The van der Waals surface area contributed by atoms with Crippen LogP contribution in [-0.2, 0) is 36.6 Å². The number of hydrogen-bond donors (Lipinski definition) is 0. The van der Waals surface area contributed by atoms with Crippen LogP contribution in [0.1, 0.15) is 118 Å². The first-order valence-corrected chi connectivity index (χ1v) is 19.5. The predicted molar refractivity (Wildman–Crippen MR) is 221 cm³/mol. The molecule has 0 spiro atoms. The Morgan fingerprint density at radius 2 is 1.51 bits per heavy atom. The summed E-state index contributed by atoms with van der Waals surface area (Å²) < 4.78 is 16.0. The number of aromatic nitrogens is 2. The Kier molecular flexibility index (Phi) is 8.49. The van der Waals surface area contributed by atoms with E-state index in [-0.39, 0.29) is 43.0 Å². The zero-order valence-electron chi connectivity index (χ0n) is 34.3. The Morgan fingerprint density at radius 3 is 2.20 bits per heavy atom. The first kappa shape index (κ1) is 37.7. The van der Waals surface area contributed by atoms with Crippen molar-refractivity contribution in [3.8, 4) is 28.3 Å². The van der Waals surface area contributed by atoms with Gasteiger partial charge < -0.3 is 14.0 Å². The quantitative estimate of drug-likeness (QED) is 0.166. The van der Waals surface area contributed by atoms with Crippen LogP contribution in [0.25, 0.3) is 38.8 Å². The maximum atomic E-state index is 6.95. The molecule has 0 unspecified atom stereocenters. The van der Waals surface area contributed by atoms with E-state index in [0.29, 0.717) is 17.4 Å². The predicted octanol–water partition coefficient (Wildman–Crippen LogP) is 12.2. The molecule has 55 heavy (non-hydrogen) atoms. The molecule has 2 aromatic heterocycles. The van der Waals surface area contributed by atoms with Crippen molar-refractivity contribution in [1.29, 1.82) is 0 Å². The molecule has 9 rings (SSSR count). The smallest absolute Gasteiger partial charge is 0.512 e. The van der Waals surface area contributed by atoms with E-state index >= 15 is 0 Å². The van der Waals surface area contributed by atoms with Gasteiger partial charge in [0.1, 0.15) is 17.1 Å². The summed E-state index contributed by atoms with van der Waals surface area (Å²) in [5, 5.41) is 2.40. The van der Waals surface area contributed by atoms with Gasteiger partial charge in [-0.2, -0.15) is 6.07 Å². The number of rotatable bonds is 4. The van der Waals surface area contributed by atoms with Crippen molar-refractivity contribution in [2.45, 2.75) is 124 Å². The summed E-state index contributed by atoms with van der Waals surface area (Å²) in [6.07, 6.45) is 5.10. The van der Waals surface area contributed by atoms with Gasteiger partial charge >= 0.3 is 21.1 Å². The van der Waals surface area contributed by atoms with Crippen LogP contribution in [0, 0.1) is 46.8 Å². The van der Waals surface area contributed by atoms with Crippen molar-refractivity contribution in [3.63, 3.8) is 0 Å². The fourth-order valence-electron chi connectivity index (χ4n) is 9.60. The van der Waals surface area contributed by atoms with Gasteiger partial charge in [-0.15, -0.1) is 23.3 Å². The molecule has 0 radical (unpaired) electrons. The summed E-state index contributed by atoms with van der Waals surface area (Å²) >= 11 is 0. The summed E-state index contributed by atoms with van der Waals surface area (Å²) in [6.45, 7) is 26.8. The standard InChI is InChI=1S/C49H51N3O2.Pt/c1-27-16-30(4)42(31(5)17-27)32-20-33(45-51-48(11)14-13-15-49(48,12)54-45)22-35(21-32)53-41-25-40-38(19-29(41)3)47(9,10)39-24-34(46(6,7)8)23-36-37-18-28(2)26-50-44(37)52(40)43(36)39;/h16-21,23-24,26H,13-15H2,1-12H3;/q-2;+2/t48-,49+;/m1./s1. The van der Waals surface area contributed by atoms with E-state index in [1.54, 1.807) is 0 Å². The average molecular weight is 909 g/mol. The topological polar surface area (TPSA) is 48.6 Å². The Balaban J connectivity index is 0.00000427. The first-order valence-electron chi connectivity index (χ1n) is 19.5. The van der Waals surface area contributed by atoms with Gasteiger partial charge in [0.25, 0.3) is 0 Å². The normalized spacial score (nSPS) is 20.9. The van der Waals surface area contributed by atoms with Gasteiger partial charge in [0, 0.05) is 28.5 Å². The molecule has 5 nitrogen and oxygen atoms in total. The van der Waals surface area contributed by atoms with Gasteiger partial charge in [-0.3, -0.25) is 4.99 Å². The number of aliphatic imine (C=N–C) groups is 1. The first-order chi connectivity index (χ1) is 25.4. The van der Waals surface area contributed by atoms with Crippen LogP contribution < -0.4 is 4.74 Å². The molecule has 1 saturated carbocycles. The molecule has 2 atom stereocenters. The molecule has 0 amide bonds. The van der Waals surface area contributed by atoms with Crippen molar-refractivity contribution < 1.29 is 30.5 Å².